The first kappa shape index (κ1) is 21.9. The van der Waals surface area contributed by atoms with E-state index in [0.717, 1.165) is 0 Å². The third kappa shape index (κ3) is 3.90. The van der Waals surface area contributed by atoms with Gasteiger partial charge < -0.3 is 24.3 Å². The predicted molar refractivity (Wildman–Crippen MR) is 105 cm³/mol. The highest BCUT2D eigenvalue weighted by atomic mass is 79.9. The van der Waals surface area contributed by atoms with Gasteiger partial charge in [-0.2, -0.15) is 0 Å². The van der Waals surface area contributed by atoms with Gasteiger partial charge in [-0.3, -0.25) is 9.59 Å². The van der Waals surface area contributed by atoms with Crippen LogP contribution in [0.1, 0.15) is 30.1 Å². The molecule has 2 atom stereocenters. The smallest absolute Gasteiger partial charge is 0.341 e. The maximum Gasteiger partial charge on any atom is 0.341 e. The van der Waals surface area contributed by atoms with Gasteiger partial charge in [-0.15, -0.1) is 6.58 Å². The fourth-order valence-electron chi connectivity index (χ4n) is 2.99. The van der Waals surface area contributed by atoms with Crippen molar-refractivity contribution in [3.8, 4) is 11.5 Å². The molecule has 0 spiro atoms. The molecule has 0 bridgehead atoms. The minimum absolute atomic E-state index is 0.0972. The van der Waals surface area contributed by atoms with Crippen LogP contribution in [0.3, 0.4) is 0 Å². The number of anilines is 1. The van der Waals surface area contributed by atoms with E-state index in [9.17, 15) is 14.4 Å². The van der Waals surface area contributed by atoms with E-state index in [0.29, 0.717) is 16.6 Å². The summed E-state index contributed by atoms with van der Waals surface area (Å²) in [6, 6.07) is 1.53. The molecular formula is C19H22BrNO7. The van der Waals surface area contributed by atoms with Crippen LogP contribution in [0.5, 0.6) is 11.5 Å². The van der Waals surface area contributed by atoms with Crippen molar-refractivity contribution in [2.45, 2.75) is 31.5 Å². The molecule has 0 aliphatic carbocycles. The van der Waals surface area contributed by atoms with Crippen molar-refractivity contribution in [1.29, 1.82) is 0 Å². The number of methoxy groups -OCH3 is 3. The fraction of sp³-hybridized carbons (Fsp3) is 0.421. The highest BCUT2D eigenvalue weighted by Crippen LogP contribution is 2.48. The maximum absolute atomic E-state index is 13.3. The van der Waals surface area contributed by atoms with Crippen LogP contribution in [-0.4, -0.2) is 50.7 Å². The first-order valence-corrected chi connectivity index (χ1v) is 9.20. The van der Waals surface area contributed by atoms with Gasteiger partial charge in [-0.05, 0) is 28.8 Å². The molecule has 1 aromatic carbocycles. The molecule has 1 amide bonds. The van der Waals surface area contributed by atoms with E-state index in [-0.39, 0.29) is 29.3 Å². The van der Waals surface area contributed by atoms with E-state index in [1.165, 1.54) is 34.3 Å². The van der Waals surface area contributed by atoms with Crippen LogP contribution in [-0.2, 0) is 19.1 Å². The summed E-state index contributed by atoms with van der Waals surface area (Å²) in [5.41, 5.74) is -1.02. The van der Waals surface area contributed by atoms with Gasteiger partial charge in [0.05, 0.1) is 37.1 Å². The minimum Gasteiger partial charge on any atom is -0.495 e. The number of hydrogen-bond donors (Lipinski definition) is 1. The Morgan fingerprint density at radius 3 is 2.50 bits per heavy atom. The molecule has 152 valence electrons. The van der Waals surface area contributed by atoms with Crippen molar-refractivity contribution in [2.75, 3.05) is 26.6 Å². The highest BCUT2D eigenvalue weighted by Gasteiger charge is 2.67. The van der Waals surface area contributed by atoms with Gasteiger partial charge in [0.15, 0.2) is 23.2 Å². The van der Waals surface area contributed by atoms with Crippen molar-refractivity contribution in [3.05, 3.63) is 28.8 Å². The van der Waals surface area contributed by atoms with Crippen molar-refractivity contribution in [2.24, 2.45) is 0 Å². The normalized spacial score (nSPS) is 20.1. The number of rotatable bonds is 9. The quantitative estimate of drug-likeness (QED) is 0.264. The van der Waals surface area contributed by atoms with Gasteiger partial charge in [0.1, 0.15) is 5.75 Å². The third-order valence-corrected chi connectivity index (χ3v) is 5.13. The van der Waals surface area contributed by atoms with Crippen LogP contribution < -0.4 is 14.8 Å². The monoisotopic (exact) mass is 455 g/mol. The Labute approximate surface area is 171 Å². The molecule has 0 radical (unpaired) electrons. The molecule has 1 heterocycles. The van der Waals surface area contributed by atoms with Gasteiger partial charge in [0.2, 0.25) is 5.91 Å². The Bertz CT molecular complexity index is 823. The number of amides is 1. The van der Waals surface area contributed by atoms with Crippen LogP contribution in [0.15, 0.2) is 23.2 Å². The Balaban J connectivity index is 2.54. The zero-order valence-electron chi connectivity index (χ0n) is 16.1. The first-order chi connectivity index (χ1) is 13.3. The summed E-state index contributed by atoms with van der Waals surface area (Å²) in [4.78, 5) is 37.1. The average Bonchev–Trinajstić information content (AvgIpc) is 3.41. The summed E-state index contributed by atoms with van der Waals surface area (Å²) in [6.45, 7) is 4.96. The molecule has 0 saturated carbocycles. The molecule has 1 aliphatic heterocycles. The molecule has 1 aromatic rings. The second-order valence-electron chi connectivity index (χ2n) is 6.10. The van der Waals surface area contributed by atoms with E-state index in [1.807, 2.05) is 0 Å². The minimum atomic E-state index is -1.37. The molecule has 1 N–H and O–H groups in total. The molecule has 1 saturated heterocycles. The van der Waals surface area contributed by atoms with Crippen LogP contribution in [0.2, 0.25) is 0 Å². The van der Waals surface area contributed by atoms with Gasteiger partial charge in [-0.1, -0.05) is 6.08 Å². The van der Waals surface area contributed by atoms with Gasteiger partial charge in [-0.25, -0.2) is 4.79 Å². The highest BCUT2D eigenvalue weighted by molar-refractivity contribution is 9.10. The van der Waals surface area contributed by atoms with E-state index >= 15 is 0 Å². The lowest BCUT2D eigenvalue weighted by Gasteiger charge is -2.17. The van der Waals surface area contributed by atoms with E-state index in [1.54, 1.807) is 6.08 Å². The molecule has 9 heteroatoms. The Morgan fingerprint density at radius 1 is 1.32 bits per heavy atom. The second-order valence-corrected chi connectivity index (χ2v) is 6.89. The lowest BCUT2D eigenvalue weighted by atomic mass is 9.93. The molecule has 1 fully saturated rings. The van der Waals surface area contributed by atoms with E-state index < -0.39 is 23.5 Å². The Hall–Kier alpha value is -2.39. The molecule has 0 unspecified atom stereocenters. The number of ether oxygens (including phenoxy) is 4. The topological polar surface area (TPSA) is 103 Å². The molecule has 8 nitrogen and oxygen atoms in total. The molecule has 28 heavy (non-hydrogen) atoms. The van der Waals surface area contributed by atoms with Gasteiger partial charge >= 0.3 is 5.97 Å². The number of benzene rings is 1. The standard InChI is InChI=1S/C19H22BrNO7/c1-6-7-8-19(18(24)27-5)17(28-19)15(23)13-14(20)12(25-3)9-11(16(13)26-4)21-10(2)22/h6,9,17H,1,7-8H2,2-5H3,(H,21,22)/t17-,19-/m1/s1. The lowest BCUT2D eigenvalue weighted by Crippen LogP contribution is -2.32. The van der Waals surface area contributed by atoms with Crippen LogP contribution >= 0.6 is 15.9 Å². The summed E-state index contributed by atoms with van der Waals surface area (Å²) >= 11 is 3.35. The second kappa shape index (κ2) is 8.74. The SMILES string of the molecule is C=CCC[C@@]1(C(=O)OC)O[C@@H]1C(=O)c1c(Br)c(OC)cc(NC(C)=O)c1OC. The third-order valence-electron chi connectivity index (χ3n) is 4.35. The molecule has 2 rings (SSSR count). The van der Waals surface area contributed by atoms with Crippen molar-refractivity contribution < 1.29 is 33.3 Å². The summed E-state index contributed by atoms with van der Waals surface area (Å²) in [7, 11) is 4.03. The first-order valence-electron chi connectivity index (χ1n) is 8.40. The summed E-state index contributed by atoms with van der Waals surface area (Å²) in [5.74, 6) is -1.04. The largest absolute Gasteiger partial charge is 0.495 e. The van der Waals surface area contributed by atoms with Crippen molar-refractivity contribution in [1.82, 2.24) is 0 Å². The Morgan fingerprint density at radius 2 is 2.00 bits per heavy atom. The predicted octanol–water partition coefficient (Wildman–Crippen LogP) is 2.88. The van der Waals surface area contributed by atoms with Gasteiger partial charge in [0.25, 0.3) is 0 Å². The Kier molecular flexibility index (Phi) is 6.84. The van der Waals surface area contributed by atoms with Crippen LogP contribution in [0.25, 0.3) is 0 Å². The lowest BCUT2D eigenvalue weighted by molar-refractivity contribution is -0.147. The van der Waals surface area contributed by atoms with E-state index in [2.05, 4.69) is 27.8 Å². The zero-order valence-corrected chi connectivity index (χ0v) is 17.7. The molecule has 0 aromatic heterocycles. The maximum atomic E-state index is 13.3. The number of epoxide rings is 1. The number of halogens is 1. The summed E-state index contributed by atoms with van der Waals surface area (Å²) in [5, 5.41) is 2.61. The van der Waals surface area contributed by atoms with Crippen LogP contribution in [0.4, 0.5) is 5.69 Å². The van der Waals surface area contributed by atoms with Gasteiger partial charge in [0, 0.05) is 13.0 Å². The zero-order chi connectivity index (χ0) is 21.1. The molecular weight excluding hydrogens is 434 g/mol. The fourth-order valence-corrected chi connectivity index (χ4v) is 3.64. The number of carbonyl (C=O) groups excluding carboxylic acids is 3. The average molecular weight is 456 g/mol. The van der Waals surface area contributed by atoms with Crippen molar-refractivity contribution in [3.63, 3.8) is 0 Å². The van der Waals surface area contributed by atoms with Crippen molar-refractivity contribution >= 4 is 39.3 Å². The number of esters is 1. The number of hydrogen-bond acceptors (Lipinski definition) is 7. The summed E-state index contributed by atoms with van der Waals surface area (Å²) in [6.07, 6.45) is 1.29. The number of allylic oxidation sites excluding steroid dienone is 1. The number of carbonyl (C=O) groups is 3. The number of ketones is 1. The number of nitrogens with one attached hydrogen (secondary N) is 1. The summed E-state index contributed by atoms with van der Waals surface area (Å²) < 4.78 is 21.4. The number of Topliss-reactive ketones (excluding diaryl/α,β-unsaturated/α-hetero) is 1. The van der Waals surface area contributed by atoms with Crippen LogP contribution in [0, 0.1) is 0 Å². The molecule has 1 aliphatic rings. The van der Waals surface area contributed by atoms with E-state index in [4.69, 9.17) is 18.9 Å².